The van der Waals surface area contributed by atoms with Crippen molar-refractivity contribution in [3.8, 4) is 0 Å². The van der Waals surface area contributed by atoms with Crippen LogP contribution in [0.25, 0.3) is 0 Å². The van der Waals surface area contributed by atoms with Crippen LogP contribution in [-0.2, 0) is 0 Å². The minimum absolute atomic E-state index is 0.0299. The van der Waals surface area contributed by atoms with E-state index >= 15 is 0 Å². The van der Waals surface area contributed by atoms with Gasteiger partial charge in [0.05, 0.1) is 16.3 Å². The van der Waals surface area contributed by atoms with Crippen molar-refractivity contribution < 1.29 is 9.18 Å². The first-order valence-electron chi connectivity index (χ1n) is 5.29. The van der Waals surface area contributed by atoms with Crippen molar-refractivity contribution in [3.05, 3.63) is 57.8 Å². The van der Waals surface area contributed by atoms with Crippen molar-refractivity contribution in [2.75, 3.05) is 11.1 Å². The van der Waals surface area contributed by atoms with E-state index in [0.717, 1.165) is 6.07 Å². The topological polar surface area (TPSA) is 55.1 Å². The normalized spacial score (nSPS) is 10.3. The van der Waals surface area contributed by atoms with Crippen LogP contribution in [-0.4, -0.2) is 5.91 Å². The Labute approximate surface area is 119 Å². The SMILES string of the molecule is Nc1ccc(C(=O)Nc2ccc(Cl)cc2F)c(Cl)c1. The number of benzene rings is 2. The van der Waals surface area contributed by atoms with Crippen molar-refractivity contribution >= 4 is 40.5 Å². The highest BCUT2D eigenvalue weighted by atomic mass is 35.5. The second kappa shape index (κ2) is 5.47. The molecule has 0 aliphatic carbocycles. The van der Waals surface area contributed by atoms with Gasteiger partial charge in [-0.15, -0.1) is 0 Å². The molecule has 0 atom stereocenters. The van der Waals surface area contributed by atoms with Crippen LogP contribution < -0.4 is 11.1 Å². The lowest BCUT2D eigenvalue weighted by Crippen LogP contribution is -2.13. The van der Waals surface area contributed by atoms with Crippen molar-refractivity contribution in [2.24, 2.45) is 0 Å². The standard InChI is InChI=1S/C13H9Cl2FN2O/c14-7-1-4-12(11(16)5-7)18-13(19)9-3-2-8(17)6-10(9)15/h1-6H,17H2,(H,18,19). The molecule has 2 aromatic carbocycles. The van der Waals surface area contributed by atoms with Crippen LogP contribution in [0.2, 0.25) is 10.0 Å². The van der Waals surface area contributed by atoms with Gasteiger partial charge in [-0.2, -0.15) is 0 Å². The van der Waals surface area contributed by atoms with E-state index in [0.29, 0.717) is 5.69 Å². The summed E-state index contributed by atoms with van der Waals surface area (Å²) >= 11 is 11.5. The van der Waals surface area contributed by atoms with E-state index in [-0.39, 0.29) is 21.3 Å². The van der Waals surface area contributed by atoms with Gasteiger partial charge < -0.3 is 11.1 Å². The van der Waals surface area contributed by atoms with Crippen LogP contribution in [0.4, 0.5) is 15.8 Å². The molecule has 2 aromatic rings. The molecule has 3 nitrogen and oxygen atoms in total. The van der Waals surface area contributed by atoms with Crippen LogP contribution >= 0.6 is 23.2 Å². The minimum Gasteiger partial charge on any atom is -0.399 e. The second-order valence-corrected chi connectivity index (χ2v) is 4.66. The molecule has 6 heteroatoms. The Morgan fingerprint density at radius 2 is 1.89 bits per heavy atom. The summed E-state index contributed by atoms with van der Waals surface area (Å²) < 4.78 is 13.5. The molecule has 0 saturated heterocycles. The van der Waals surface area contributed by atoms with Crippen LogP contribution in [0.3, 0.4) is 0 Å². The van der Waals surface area contributed by atoms with Gasteiger partial charge >= 0.3 is 0 Å². The molecule has 98 valence electrons. The second-order valence-electron chi connectivity index (χ2n) is 3.82. The number of carbonyl (C=O) groups excluding carboxylic acids is 1. The zero-order valence-corrected chi connectivity index (χ0v) is 11.1. The summed E-state index contributed by atoms with van der Waals surface area (Å²) in [6.45, 7) is 0. The summed E-state index contributed by atoms with van der Waals surface area (Å²) in [4.78, 5) is 11.9. The molecule has 3 N–H and O–H groups in total. The number of nitrogens with one attached hydrogen (secondary N) is 1. The number of hydrogen-bond acceptors (Lipinski definition) is 2. The minimum atomic E-state index is -0.618. The number of nitrogen functional groups attached to an aromatic ring is 1. The van der Waals surface area contributed by atoms with E-state index < -0.39 is 11.7 Å². The number of nitrogens with two attached hydrogens (primary N) is 1. The maximum absolute atomic E-state index is 13.5. The van der Waals surface area contributed by atoms with Gasteiger partial charge in [-0.05, 0) is 36.4 Å². The quantitative estimate of drug-likeness (QED) is 0.824. The zero-order chi connectivity index (χ0) is 14.0. The molecular formula is C13H9Cl2FN2O. The fraction of sp³-hybridized carbons (Fsp3) is 0. The summed E-state index contributed by atoms with van der Waals surface area (Å²) in [6.07, 6.45) is 0. The molecule has 2 rings (SSSR count). The molecule has 0 saturated carbocycles. The van der Waals surface area contributed by atoms with Crippen LogP contribution in [0.15, 0.2) is 36.4 Å². The number of anilines is 2. The van der Waals surface area contributed by atoms with Gasteiger partial charge in [0.2, 0.25) is 0 Å². The number of hydrogen-bond donors (Lipinski definition) is 2. The average Bonchev–Trinajstić information content (AvgIpc) is 2.32. The van der Waals surface area contributed by atoms with Gasteiger partial charge in [-0.3, -0.25) is 4.79 Å². The molecule has 0 unspecified atom stereocenters. The Bertz CT molecular complexity index is 647. The molecule has 0 aromatic heterocycles. The Morgan fingerprint density at radius 1 is 1.16 bits per heavy atom. The van der Waals surface area contributed by atoms with Gasteiger partial charge in [0.25, 0.3) is 5.91 Å². The Kier molecular flexibility index (Phi) is 3.93. The van der Waals surface area contributed by atoms with Crippen molar-refractivity contribution in [1.82, 2.24) is 0 Å². The zero-order valence-electron chi connectivity index (χ0n) is 9.58. The van der Waals surface area contributed by atoms with E-state index in [9.17, 15) is 9.18 Å². The third-order valence-corrected chi connectivity index (χ3v) is 2.96. The highest BCUT2D eigenvalue weighted by molar-refractivity contribution is 6.34. The lowest BCUT2D eigenvalue weighted by atomic mass is 10.2. The van der Waals surface area contributed by atoms with Gasteiger partial charge in [-0.1, -0.05) is 23.2 Å². The summed E-state index contributed by atoms with van der Waals surface area (Å²) in [5.41, 5.74) is 6.22. The maximum Gasteiger partial charge on any atom is 0.257 e. The molecular weight excluding hydrogens is 290 g/mol. The van der Waals surface area contributed by atoms with Gasteiger partial charge in [-0.25, -0.2) is 4.39 Å². The lowest BCUT2D eigenvalue weighted by Gasteiger charge is -2.08. The van der Waals surface area contributed by atoms with E-state index in [1.54, 1.807) is 6.07 Å². The molecule has 0 aliphatic heterocycles. The summed E-state index contributed by atoms with van der Waals surface area (Å²) in [7, 11) is 0. The summed E-state index contributed by atoms with van der Waals surface area (Å²) in [6, 6.07) is 8.43. The summed E-state index contributed by atoms with van der Waals surface area (Å²) in [5.74, 6) is -1.14. The highest BCUT2D eigenvalue weighted by Gasteiger charge is 2.13. The molecule has 0 fully saturated rings. The van der Waals surface area contributed by atoms with Gasteiger partial charge in [0.1, 0.15) is 5.82 Å². The first-order chi connectivity index (χ1) is 8.97. The van der Waals surface area contributed by atoms with E-state index in [1.807, 2.05) is 0 Å². The van der Waals surface area contributed by atoms with E-state index in [1.165, 1.54) is 24.3 Å². The Balaban J connectivity index is 2.25. The predicted molar refractivity (Wildman–Crippen MR) is 75.2 cm³/mol. The summed E-state index contributed by atoms with van der Waals surface area (Å²) in [5, 5.41) is 2.87. The Hall–Kier alpha value is -1.78. The smallest absolute Gasteiger partial charge is 0.257 e. The fourth-order valence-electron chi connectivity index (χ4n) is 1.50. The first kappa shape index (κ1) is 13.6. The average molecular weight is 299 g/mol. The molecule has 0 aliphatic rings. The molecule has 0 bridgehead atoms. The first-order valence-corrected chi connectivity index (χ1v) is 6.04. The number of carbonyl (C=O) groups is 1. The third-order valence-electron chi connectivity index (χ3n) is 2.42. The third kappa shape index (κ3) is 3.16. The van der Waals surface area contributed by atoms with Crippen molar-refractivity contribution in [3.63, 3.8) is 0 Å². The molecule has 0 heterocycles. The van der Waals surface area contributed by atoms with Crippen molar-refractivity contribution in [1.29, 1.82) is 0 Å². The van der Waals surface area contributed by atoms with E-state index in [2.05, 4.69) is 5.32 Å². The lowest BCUT2D eigenvalue weighted by molar-refractivity contribution is 0.102. The van der Waals surface area contributed by atoms with E-state index in [4.69, 9.17) is 28.9 Å². The fourth-order valence-corrected chi connectivity index (χ4v) is 1.93. The highest BCUT2D eigenvalue weighted by Crippen LogP contribution is 2.23. The molecule has 1 amide bonds. The van der Waals surface area contributed by atoms with Crippen LogP contribution in [0, 0.1) is 5.82 Å². The number of amides is 1. The van der Waals surface area contributed by atoms with Gasteiger partial charge in [0.15, 0.2) is 0 Å². The van der Waals surface area contributed by atoms with Crippen molar-refractivity contribution in [2.45, 2.75) is 0 Å². The maximum atomic E-state index is 13.5. The number of halogens is 3. The largest absolute Gasteiger partial charge is 0.399 e. The molecule has 0 spiro atoms. The predicted octanol–water partition coefficient (Wildman–Crippen LogP) is 3.97. The molecule has 0 radical (unpaired) electrons. The van der Waals surface area contributed by atoms with Crippen LogP contribution in [0.1, 0.15) is 10.4 Å². The molecule has 19 heavy (non-hydrogen) atoms. The van der Waals surface area contributed by atoms with Gasteiger partial charge in [0, 0.05) is 10.7 Å². The number of rotatable bonds is 2. The monoisotopic (exact) mass is 298 g/mol. The Morgan fingerprint density at radius 3 is 2.53 bits per heavy atom. The van der Waals surface area contributed by atoms with Crippen LogP contribution in [0.5, 0.6) is 0 Å².